The van der Waals surface area contributed by atoms with Crippen molar-refractivity contribution in [1.29, 1.82) is 0 Å². The maximum Gasteiger partial charge on any atom is 0.164 e. The zero-order valence-corrected chi connectivity index (χ0v) is 15.2. The number of rotatable bonds is 6. The minimum Gasteiger partial charge on any atom is -0.294 e. The predicted octanol–water partition coefficient (Wildman–Crippen LogP) is 6.44. The summed E-state index contributed by atoms with van der Waals surface area (Å²) in [5, 5.41) is 2.15. The first-order valence-corrected chi connectivity index (χ1v) is 9.41. The Balaban J connectivity index is 1.65. The van der Waals surface area contributed by atoms with Crippen LogP contribution >= 0.6 is 0 Å². The van der Waals surface area contributed by atoms with Gasteiger partial charge in [0.25, 0.3) is 0 Å². The monoisotopic (exact) mass is 350 g/mol. The van der Waals surface area contributed by atoms with E-state index in [9.17, 15) is 4.79 Å². The van der Waals surface area contributed by atoms with Gasteiger partial charge in [-0.3, -0.25) is 4.79 Å². The van der Waals surface area contributed by atoms with Crippen molar-refractivity contribution in [3.05, 3.63) is 120 Å². The van der Waals surface area contributed by atoms with Crippen molar-refractivity contribution in [2.45, 2.75) is 18.8 Å². The molecule has 4 aromatic rings. The first-order chi connectivity index (χ1) is 13.3. The molecule has 1 atom stereocenters. The third kappa shape index (κ3) is 3.98. The second kappa shape index (κ2) is 8.01. The predicted molar refractivity (Wildman–Crippen MR) is 112 cm³/mol. The Bertz CT molecular complexity index is 1030. The number of carbonyl (C=O) groups is 1. The van der Waals surface area contributed by atoms with Gasteiger partial charge in [-0.2, -0.15) is 0 Å². The number of fused-ring (bicyclic) bond motifs is 1. The molecule has 0 unspecified atom stereocenters. The van der Waals surface area contributed by atoms with Crippen LogP contribution in [0.25, 0.3) is 10.8 Å². The van der Waals surface area contributed by atoms with Gasteiger partial charge < -0.3 is 0 Å². The molecule has 132 valence electrons. The molecule has 4 aromatic carbocycles. The lowest BCUT2D eigenvalue weighted by molar-refractivity contribution is 0.0975. The van der Waals surface area contributed by atoms with Crippen LogP contribution in [0, 0.1) is 0 Å². The maximum absolute atomic E-state index is 13.2. The molecule has 27 heavy (non-hydrogen) atoms. The van der Waals surface area contributed by atoms with Crippen molar-refractivity contribution in [1.82, 2.24) is 0 Å². The summed E-state index contributed by atoms with van der Waals surface area (Å²) >= 11 is 0. The molecule has 0 N–H and O–H groups in total. The number of ketones is 1. The quantitative estimate of drug-likeness (QED) is 0.366. The average molecular weight is 350 g/mol. The van der Waals surface area contributed by atoms with Gasteiger partial charge >= 0.3 is 0 Å². The number of hydrogen-bond acceptors (Lipinski definition) is 1. The first-order valence-electron chi connectivity index (χ1n) is 9.41. The summed E-state index contributed by atoms with van der Waals surface area (Å²) in [6, 6.07) is 34.9. The Morgan fingerprint density at radius 3 is 2.07 bits per heavy atom. The minimum absolute atomic E-state index is 0.167. The van der Waals surface area contributed by atoms with Crippen LogP contribution in [0.3, 0.4) is 0 Å². The summed E-state index contributed by atoms with van der Waals surface area (Å²) in [7, 11) is 0. The highest BCUT2D eigenvalue weighted by Crippen LogP contribution is 2.28. The van der Waals surface area contributed by atoms with E-state index in [1.54, 1.807) is 0 Å². The molecule has 0 heterocycles. The van der Waals surface area contributed by atoms with Crippen molar-refractivity contribution in [2.24, 2.45) is 0 Å². The summed E-state index contributed by atoms with van der Waals surface area (Å²) in [4.78, 5) is 13.2. The van der Waals surface area contributed by atoms with Crippen molar-refractivity contribution < 1.29 is 4.79 Å². The second-order valence-corrected chi connectivity index (χ2v) is 6.95. The topological polar surface area (TPSA) is 17.1 Å². The van der Waals surface area contributed by atoms with E-state index in [4.69, 9.17) is 0 Å². The van der Waals surface area contributed by atoms with E-state index < -0.39 is 0 Å². The van der Waals surface area contributed by atoms with Crippen LogP contribution in [0.5, 0.6) is 0 Å². The number of Topliss-reactive ketones (excluding diaryl/α,β-unsaturated/α-hetero) is 1. The fraction of sp³-hybridized carbons (Fsp3) is 0.115. The Morgan fingerprint density at radius 1 is 0.667 bits per heavy atom. The molecule has 0 aromatic heterocycles. The van der Waals surface area contributed by atoms with E-state index in [1.807, 2.05) is 42.5 Å². The molecule has 0 aliphatic carbocycles. The molecule has 0 saturated carbocycles. The third-order valence-electron chi connectivity index (χ3n) is 5.12. The molecule has 0 amide bonds. The van der Waals surface area contributed by atoms with E-state index in [0.29, 0.717) is 6.42 Å². The molecular formula is C26H22O. The lowest BCUT2D eigenvalue weighted by Crippen LogP contribution is -2.11. The summed E-state index contributed by atoms with van der Waals surface area (Å²) in [6.45, 7) is 0. The third-order valence-corrected chi connectivity index (χ3v) is 5.12. The van der Waals surface area contributed by atoms with E-state index in [0.717, 1.165) is 22.8 Å². The Morgan fingerprint density at radius 2 is 1.30 bits per heavy atom. The lowest BCUT2D eigenvalue weighted by Gasteiger charge is -2.18. The number of benzene rings is 4. The van der Waals surface area contributed by atoms with Crippen LogP contribution in [0.15, 0.2) is 103 Å². The molecule has 4 rings (SSSR count). The van der Waals surface area contributed by atoms with E-state index >= 15 is 0 Å². The molecule has 1 nitrogen and oxygen atoms in total. The van der Waals surface area contributed by atoms with Gasteiger partial charge in [0.2, 0.25) is 0 Å². The molecular weight excluding hydrogens is 328 g/mol. The van der Waals surface area contributed by atoms with Crippen molar-refractivity contribution in [3.8, 4) is 0 Å². The number of hydrogen-bond donors (Lipinski definition) is 0. The van der Waals surface area contributed by atoms with Gasteiger partial charge in [-0.15, -0.1) is 0 Å². The molecule has 0 bridgehead atoms. The van der Waals surface area contributed by atoms with E-state index in [1.165, 1.54) is 11.1 Å². The van der Waals surface area contributed by atoms with Crippen LogP contribution in [0.2, 0.25) is 0 Å². The van der Waals surface area contributed by atoms with Crippen LogP contribution in [0.4, 0.5) is 0 Å². The molecule has 0 aliphatic heterocycles. The summed E-state index contributed by atoms with van der Waals surface area (Å²) in [5.41, 5.74) is 3.30. The minimum atomic E-state index is 0.167. The Kier molecular flexibility index (Phi) is 5.11. The molecule has 0 fully saturated rings. The fourth-order valence-corrected chi connectivity index (χ4v) is 3.73. The van der Waals surface area contributed by atoms with Gasteiger partial charge in [-0.05, 0) is 34.2 Å². The molecule has 1 heteroatoms. The van der Waals surface area contributed by atoms with Crippen LogP contribution in [-0.2, 0) is 6.42 Å². The molecule has 0 spiro atoms. The van der Waals surface area contributed by atoms with Crippen molar-refractivity contribution in [2.75, 3.05) is 0 Å². The van der Waals surface area contributed by atoms with E-state index in [2.05, 4.69) is 60.7 Å². The normalized spacial score (nSPS) is 12.0. The zero-order chi connectivity index (χ0) is 18.5. The Hall–Kier alpha value is -3.19. The van der Waals surface area contributed by atoms with Gasteiger partial charge in [0, 0.05) is 12.0 Å². The van der Waals surface area contributed by atoms with Crippen molar-refractivity contribution >= 4 is 16.6 Å². The largest absolute Gasteiger partial charge is 0.294 e. The summed E-state index contributed by atoms with van der Waals surface area (Å²) in [6.07, 6.45) is 1.37. The lowest BCUT2D eigenvalue weighted by atomic mass is 9.86. The summed E-state index contributed by atoms with van der Waals surface area (Å²) in [5.74, 6) is 0.372. The number of carbonyl (C=O) groups excluding carboxylic acids is 1. The first kappa shape index (κ1) is 17.2. The maximum atomic E-state index is 13.2. The molecule has 0 radical (unpaired) electrons. The highest BCUT2D eigenvalue weighted by atomic mass is 16.1. The van der Waals surface area contributed by atoms with Gasteiger partial charge in [-0.25, -0.2) is 0 Å². The van der Waals surface area contributed by atoms with Crippen LogP contribution < -0.4 is 0 Å². The van der Waals surface area contributed by atoms with Crippen LogP contribution in [-0.4, -0.2) is 5.78 Å². The van der Waals surface area contributed by atoms with E-state index in [-0.39, 0.29) is 11.7 Å². The molecule has 0 saturated heterocycles. The second-order valence-electron chi connectivity index (χ2n) is 6.95. The van der Waals surface area contributed by atoms with Gasteiger partial charge in [-0.1, -0.05) is 103 Å². The fourth-order valence-electron chi connectivity index (χ4n) is 3.73. The van der Waals surface area contributed by atoms with Crippen LogP contribution in [0.1, 0.15) is 33.8 Å². The SMILES string of the molecule is O=C(C[C@H](Cc1ccccc1)c1ccccc1)c1cccc2ccccc12. The average Bonchev–Trinajstić information content (AvgIpc) is 2.74. The van der Waals surface area contributed by atoms with Gasteiger partial charge in [0.15, 0.2) is 5.78 Å². The van der Waals surface area contributed by atoms with Gasteiger partial charge in [0.1, 0.15) is 0 Å². The highest BCUT2D eigenvalue weighted by molar-refractivity contribution is 6.08. The Labute approximate surface area is 160 Å². The van der Waals surface area contributed by atoms with Crippen molar-refractivity contribution in [3.63, 3.8) is 0 Å². The smallest absolute Gasteiger partial charge is 0.164 e. The molecule has 0 aliphatic rings. The standard InChI is InChI=1S/C26H22O/c27-26(25-17-9-15-22-14-7-8-16-24(22)25)19-23(21-12-5-2-6-13-21)18-20-10-3-1-4-11-20/h1-17,23H,18-19H2/t23-/m0/s1. The zero-order valence-electron chi connectivity index (χ0n) is 15.2. The highest BCUT2D eigenvalue weighted by Gasteiger charge is 2.19. The summed E-state index contributed by atoms with van der Waals surface area (Å²) < 4.78 is 0. The van der Waals surface area contributed by atoms with Gasteiger partial charge in [0.05, 0.1) is 0 Å².